The van der Waals surface area contributed by atoms with Crippen molar-refractivity contribution in [2.75, 3.05) is 26.4 Å². The second-order valence-electron chi connectivity index (χ2n) is 2.21. The minimum absolute atomic E-state index is 0. The van der Waals surface area contributed by atoms with Crippen LogP contribution in [0.4, 0.5) is 0 Å². The molecule has 0 bridgehead atoms. The van der Waals surface area contributed by atoms with Gasteiger partial charge in [-0.15, -0.1) is 0 Å². The van der Waals surface area contributed by atoms with Crippen LogP contribution in [0.2, 0.25) is 0 Å². The van der Waals surface area contributed by atoms with Crippen molar-refractivity contribution in [2.45, 2.75) is 12.2 Å². The maximum atomic E-state index is 8.72. The molecule has 0 saturated heterocycles. The summed E-state index contributed by atoms with van der Waals surface area (Å²) in [6, 6.07) is 0. The maximum Gasteiger partial charge on any atom is 0 e. The molecule has 2 unspecified atom stereocenters. The predicted octanol–water partition coefficient (Wildman–Crippen LogP) is -3.21. The van der Waals surface area contributed by atoms with E-state index in [9.17, 15) is 0 Å². The third-order valence-electron chi connectivity index (χ3n) is 1.04. The summed E-state index contributed by atoms with van der Waals surface area (Å²) >= 11 is 0. The van der Waals surface area contributed by atoms with E-state index in [-0.39, 0.29) is 83.6 Å². The Morgan fingerprint density at radius 3 is 1.46 bits per heavy atom. The van der Waals surface area contributed by atoms with Crippen LogP contribution in [0.25, 0.3) is 0 Å². The van der Waals surface area contributed by atoms with Crippen molar-refractivity contribution in [3.8, 4) is 0 Å². The first-order valence-corrected chi connectivity index (χ1v) is 3.36. The Balaban J connectivity index is -0.000000500. The van der Waals surface area contributed by atoms with Crippen molar-refractivity contribution in [2.24, 2.45) is 0 Å². The summed E-state index contributed by atoms with van der Waals surface area (Å²) in [4.78, 5) is 0. The summed E-state index contributed by atoms with van der Waals surface area (Å²) in [5.41, 5.74) is 0. The Morgan fingerprint density at radius 1 is 0.923 bits per heavy atom. The molecule has 2 atom stereocenters. The van der Waals surface area contributed by atoms with Gasteiger partial charge in [0.1, 0.15) is 12.2 Å². The topological polar surface area (TPSA) is 90.2 Å². The molecule has 0 aromatic carbocycles. The average molecular weight is 274 g/mol. The van der Waals surface area contributed by atoms with E-state index in [1.165, 1.54) is 0 Å². The molecule has 0 aliphatic rings. The molecule has 0 aromatic heterocycles. The van der Waals surface area contributed by atoms with Gasteiger partial charge in [0.25, 0.3) is 0 Å². The predicted molar refractivity (Wildman–Crippen MR) is 45.5 cm³/mol. The van der Waals surface area contributed by atoms with Gasteiger partial charge in [-0.25, -0.2) is 0 Å². The van der Waals surface area contributed by atoms with Crippen molar-refractivity contribution in [3.63, 3.8) is 0 Å². The molecule has 0 aliphatic heterocycles. The molecule has 0 fully saturated rings. The Labute approximate surface area is 120 Å². The summed E-state index contributed by atoms with van der Waals surface area (Å²) in [5.74, 6) is 0. The van der Waals surface area contributed by atoms with Crippen LogP contribution >= 0.6 is 0 Å². The van der Waals surface area contributed by atoms with Gasteiger partial charge in [-0.05, 0) is 0 Å². The van der Waals surface area contributed by atoms with Gasteiger partial charge in [-0.2, -0.15) is 0 Å². The van der Waals surface area contributed by atoms with E-state index in [0.717, 1.165) is 0 Å². The van der Waals surface area contributed by atoms with Crippen LogP contribution in [0.3, 0.4) is 0 Å². The second-order valence-corrected chi connectivity index (χ2v) is 2.21. The van der Waals surface area contributed by atoms with Gasteiger partial charge in [0.15, 0.2) is 0 Å². The Bertz CT molecular complexity index is 87.1. The quantitative estimate of drug-likeness (QED) is 0.383. The van der Waals surface area contributed by atoms with Crippen LogP contribution in [0.5, 0.6) is 0 Å². The minimum Gasteiger partial charge on any atom is 0 e. The van der Waals surface area contributed by atoms with Crippen molar-refractivity contribution in [1.82, 2.24) is 0 Å². The normalized spacial score (nSPS) is 13.8. The summed E-state index contributed by atoms with van der Waals surface area (Å²) in [5, 5.41) is 34.1. The average Bonchev–Trinajstić information content (AvgIpc) is 2.04. The van der Waals surface area contributed by atoms with Crippen LogP contribution in [0, 0.1) is 0 Å². The standard InChI is InChI=1S/C6H14O5.Ca.Zn.2H/c7-1-5(9)3-11-4-6(10)2-8;;;;/h5-10H,1-4H2;;;;. The van der Waals surface area contributed by atoms with E-state index in [2.05, 4.69) is 0 Å². The van der Waals surface area contributed by atoms with E-state index >= 15 is 0 Å². The van der Waals surface area contributed by atoms with Crippen LogP contribution in [0.15, 0.2) is 0 Å². The van der Waals surface area contributed by atoms with E-state index < -0.39 is 12.2 Å². The van der Waals surface area contributed by atoms with Crippen molar-refractivity contribution < 1.29 is 44.6 Å². The van der Waals surface area contributed by atoms with Gasteiger partial charge in [-0.3, -0.25) is 0 Å². The van der Waals surface area contributed by atoms with Gasteiger partial charge >= 0.3 is 37.7 Å². The number of rotatable bonds is 6. The molecule has 0 spiro atoms. The smallest absolute Gasteiger partial charge is 0 e. The van der Waals surface area contributed by atoms with Crippen LogP contribution < -0.4 is 0 Å². The number of aliphatic hydroxyl groups excluding tert-OH is 4. The Hall–Kier alpha value is 1.68. The number of hydrogen-bond donors (Lipinski definition) is 4. The molecule has 0 heterocycles. The van der Waals surface area contributed by atoms with Gasteiger partial charge in [0.05, 0.1) is 26.4 Å². The third-order valence-corrected chi connectivity index (χ3v) is 1.04. The number of aliphatic hydroxyl groups is 4. The molecule has 0 rings (SSSR count). The second kappa shape index (κ2) is 13.7. The van der Waals surface area contributed by atoms with Crippen LogP contribution in [-0.4, -0.2) is 96.8 Å². The molecule has 7 heteroatoms. The van der Waals surface area contributed by atoms with Crippen LogP contribution in [-0.2, 0) is 24.2 Å². The first kappa shape index (κ1) is 20.1. The van der Waals surface area contributed by atoms with E-state index in [1.54, 1.807) is 0 Å². The third kappa shape index (κ3) is 13.7. The minimum atomic E-state index is -0.916. The molecular formula is C6H16CaO5Zn. The van der Waals surface area contributed by atoms with E-state index in [1.807, 2.05) is 0 Å². The fourth-order valence-corrected chi connectivity index (χ4v) is 0.446. The fraction of sp³-hybridized carbons (Fsp3) is 1.00. The molecule has 0 saturated carbocycles. The van der Waals surface area contributed by atoms with E-state index in [0.29, 0.717) is 0 Å². The molecule has 0 amide bonds. The van der Waals surface area contributed by atoms with Gasteiger partial charge in [-0.1, -0.05) is 0 Å². The molecule has 5 nitrogen and oxygen atoms in total. The maximum absolute atomic E-state index is 8.72. The van der Waals surface area contributed by atoms with Crippen molar-refractivity contribution in [3.05, 3.63) is 0 Å². The summed E-state index contributed by atoms with van der Waals surface area (Å²) in [7, 11) is 0. The Morgan fingerprint density at radius 2 is 1.23 bits per heavy atom. The first-order valence-electron chi connectivity index (χ1n) is 3.36. The van der Waals surface area contributed by atoms with Crippen molar-refractivity contribution in [1.29, 1.82) is 0 Å². The summed E-state index contributed by atoms with van der Waals surface area (Å²) < 4.78 is 4.72. The van der Waals surface area contributed by atoms with Gasteiger partial charge in [0, 0.05) is 19.5 Å². The van der Waals surface area contributed by atoms with E-state index in [4.69, 9.17) is 25.2 Å². The summed E-state index contributed by atoms with van der Waals surface area (Å²) in [6.45, 7) is -0.800. The Kier molecular flexibility index (Phi) is 21.2. The van der Waals surface area contributed by atoms with Crippen LogP contribution in [0.1, 0.15) is 0 Å². The molecular weight excluding hydrogens is 258 g/mol. The zero-order valence-corrected chi connectivity index (χ0v) is 9.85. The SMILES string of the molecule is OCC(O)COCC(O)CO.[CaH2].[Zn]. The molecule has 74 valence electrons. The monoisotopic (exact) mass is 272 g/mol. The molecule has 0 aliphatic carbocycles. The zero-order valence-electron chi connectivity index (χ0n) is 6.89. The first-order chi connectivity index (χ1) is 5.20. The van der Waals surface area contributed by atoms with Gasteiger partial charge < -0.3 is 25.2 Å². The molecule has 13 heavy (non-hydrogen) atoms. The number of hydrogen-bond acceptors (Lipinski definition) is 5. The molecule has 4 N–H and O–H groups in total. The molecule has 0 aromatic rings. The number of ether oxygens (including phenoxy) is 1. The van der Waals surface area contributed by atoms with Crippen molar-refractivity contribution >= 4 is 37.7 Å². The molecule has 0 radical (unpaired) electrons. The van der Waals surface area contributed by atoms with Gasteiger partial charge in [0.2, 0.25) is 0 Å². The summed E-state index contributed by atoms with van der Waals surface area (Å²) in [6.07, 6.45) is -1.83. The zero-order chi connectivity index (χ0) is 8.69. The fourth-order valence-electron chi connectivity index (χ4n) is 0.446. The largest absolute Gasteiger partial charge is 0 e.